The molecule has 1 N–H and O–H groups in total. The SMILES string of the molecule is CCOc1ccc(CC(=O)Nc2nn(Cc3ccccc3F)cc2Br)cc1OCC. The third-order valence-corrected chi connectivity index (χ3v) is 4.82. The lowest BCUT2D eigenvalue weighted by molar-refractivity contribution is -0.115. The van der Waals surface area contributed by atoms with E-state index >= 15 is 0 Å². The maximum Gasteiger partial charge on any atom is 0.230 e. The quantitative estimate of drug-likeness (QED) is 0.482. The van der Waals surface area contributed by atoms with Crippen LogP contribution in [0.25, 0.3) is 0 Å². The minimum atomic E-state index is -0.296. The van der Waals surface area contributed by atoms with Gasteiger partial charge in [-0.1, -0.05) is 24.3 Å². The van der Waals surface area contributed by atoms with Gasteiger partial charge >= 0.3 is 0 Å². The predicted octanol–water partition coefficient (Wildman–Crippen LogP) is 4.81. The van der Waals surface area contributed by atoms with Gasteiger partial charge in [-0.15, -0.1) is 0 Å². The topological polar surface area (TPSA) is 65.4 Å². The number of nitrogens with one attached hydrogen (secondary N) is 1. The number of halogens is 2. The Bertz CT molecular complexity index is 1020. The number of hydrogen-bond donors (Lipinski definition) is 1. The molecule has 0 bridgehead atoms. The second-order valence-electron chi connectivity index (χ2n) is 6.49. The lowest BCUT2D eigenvalue weighted by Gasteiger charge is -2.12. The summed E-state index contributed by atoms with van der Waals surface area (Å²) in [5, 5.41) is 7.13. The van der Waals surface area contributed by atoms with Crippen LogP contribution in [0.1, 0.15) is 25.0 Å². The van der Waals surface area contributed by atoms with Crippen molar-refractivity contribution < 1.29 is 18.7 Å². The number of ether oxygens (including phenoxy) is 2. The van der Waals surface area contributed by atoms with Crippen LogP contribution in [0.4, 0.5) is 10.2 Å². The van der Waals surface area contributed by atoms with Crippen LogP contribution in [0, 0.1) is 5.82 Å². The Morgan fingerprint density at radius 1 is 1.13 bits per heavy atom. The van der Waals surface area contributed by atoms with Crippen LogP contribution in [0.2, 0.25) is 0 Å². The Morgan fingerprint density at radius 2 is 1.87 bits per heavy atom. The van der Waals surface area contributed by atoms with E-state index < -0.39 is 0 Å². The lowest BCUT2D eigenvalue weighted by atomic mass is 10.1. The second-order valence-corrected chi connectivity index (χ2v) is 7.34. The fourth-order valence-electron chi connectivity index (χ4n) is 2.93. The molecule has 0 spiro atoms. The number of aromatic nitrogens is 2. The minimum Gasteiger partial charge on any atom is -0.490 e. The van der Waals surface area contributed by atoms with Gasteiger partial charge in [-0.05, 0) is 53.5 Å². The first-order chi connectivity index (χ1) is 14.5. The van der Waals surface area contributed by atoms with Crippen molar-refractivity contribution in [2.24, 2.45) is 0 Å². The summed E-state index contributed by atoms with van der Waals surface area (Å²) in [5.74, 6) is 1.12. The van der Waals surface area contributed by atoms with E-state index in [0.717, 1.165) is 5.56 Å². The van der Waals surface area contributed by atoms with Gasteiger partial charge in [0.2, 0.25) is 5.91 Å². The molecule has 0 atom stereocenters. The first kappa shape index (κ1) is 21.8. The number of benzene rings is 2. The van der Waals surface area contributed by atoms with Gasteiger partial charge in [-0.25, -0.2) is 4.39 Å². The molecule has 0 saturated carbocycles. The molecule has 0 aliphatic rings. The molecule has 8 heteroatoms. The van der Waals surface area contributed by atoms with E-state index in [9.17, 15) is 9.18 Å². The van der Waals surface area contributed by atoms with Gasteiger partial charge in [0.05, 0.1) is 30.7 Å². The molecular weight excluding hydrogens is 453 g/mol. The fourth-order valence-corrected chi connectivity index (χ4v) is 3.35. The van der Waals surface area contributed by atoms with Crippen LogP contribution in [-0.4, -0.2) is 28.9 Å². The fraction of sp³-hybridized carbons (Fsp3) is 0.273. The van der Waals surface area contributed by atoms with E-state index in [1.54, 1.807) is 41.2 Å². The van der Waals surface area contributed by atoms with E-state index in [0.29, 0.717) is 40.6 Å². The monoisotopic (exact) mass is 475 g/mol. The Balaban J connectivity index is 1.67. The van der Waals surface area contributed by atoms with Crippen molar-refractivity contribution in [1.29, 1.82) is 0 Å². The third kappa shape index (κ3) is 5.60. The number of rotatable bonds is 9. The van der Waals surface area contributed by atoms with Crippen LogP contribution >= 0.6 is 15.9 Å². The van der Waals surface area contributed by atoms with E-state index in [2.05, 4.69) is 26.3 Å². The molecule has 3 rings (SSSR count). The average molecular weight is 476 g/mol. The molecule has 0 saturated heterocycles. The molecule has 30 heavy (non-hydrogen) atoms. The van der Waals surface area contributed by atoms with Crippen LogP contribution in [0.15, 0.2) is 53.1 Å². The smallest absolute Gasteiger partial charge is 0.230 e. The maximum absolute atomic E-state index is 13.9. The molecule has 6 nitrogen and oxygen atoms in total. The van der Waals surface area contributed by atoms with Gasteiger partial charge < -0.3 is 14.8 Å². The van der Waals surface area contributed by atoms with Gasteiger partial charge in [0.15, 0.2) is 17.3 Å². The van der Waals surface area contributed by atoms with E-state index in [1.807, 2.05) is 19.9 Å². The minimum absolute atomic E-state index is 0.152. The Labute approximate surface area is 183 Å². The van der Waals surface area contributed by atoms with Crippen molar-refractivity contribution in [2.45, 2.75) is 26.8 Å². The number of amides is 1. The first-order valence-electron chi connectivity index (χ1n) is 9.64. The molecular formula is C22H23BrFN3O3. The van der Waals surface area contributed by atoms with Gasteiger partial charge in [-0.2, -0.15) is 5.10 Å². The Morgan fingerprint density at radius 3 is 2.60 bits per heavy atom. The van der Waals surface area contributed by atoms with E-state index in [4.69, 9.17) is 9.47 Å². The summed E-state index contributed by atoms with van der Waals surface area (Å²) in [6.45, 7) is 5.09. The largest absolute Gasteiger partial charge is 0.490 e. The normalized spacial score (nSPS) is 10.7. The molecule has 1 amide bonds. The average Bonchev–Trinajstić information content (AvgIpc) is 3.04. The summed E-state index contributed by atoms with van der Waals surface area (Å²) in [6, 6.07) is 12.0. The molecule has 3 aromatic rings. The van der Waals surface area contributed by atoms with Crippen molar-refractivity contribution in [1.82, 2.24) is 9.78 Å². The van der Waals surface area contributed by atoms with Crippen molar-refractivity contribution >= 4 is 27.7 Å². The van der Waals surface area contributed by atoms with Gasteiger partial charge in [0, 0.05) is 11.8 Å². The van der Waals surface area contributed by atoms with Crippen molar-refractivity contribution in [3.63, 3.8) is 0 Å². The highest BCUT2D eigenvalue weighted by Gasteiger charge is 2.14. The maximum atomic E-state index is 13.9. The van der Waals surface area contributed by atoms with Gasteiger partial charge in [-0.3, -0.25) is 9.48 Å². The summed E-state index contributed by atoms with van der Waals surface area (Å²) >= 11 is 3.39. The lowest BCUT2D eigenvalue weighted by Crippen LogP contribution is -2.15. The Hall–Kier alpha value is -2.87. The Kier molecular flexibility index (Phi) is 7.46. The molecule has 0 fully saturated rings. The van der Waals surface area contributed by atoms with E-state index in [-0.39, 0.29) is 24.7 Å². The molecule has 2 aromatic carbocycles. The number of nitrogens with zero attached hydrogens (tertiary/aromatic N) is 2. The van der Waals surface area contributed by atoms with Crippen LogP contribution in [0.5, 0.6) is 11.5 Å². The van der Waals surface area contributed by atoms with Crippen LogP contribution < -0.4 is 14.8 Å². The van der Waals surface area contributed by atoms with E-state index in [1.165, 1.54) is 6.07 Å². The molecule has 0 aliphatic carbocycles. The number of carbonyl (C=O) groups excluding carboxylic acids is 1. The highest BCUT2D eigenvalue weighted by molar-refractivity contribution is 9.10. The molecule has 0 unspecified atom stereocenters. The predicted molar refractivity (Wildman–Crippen MR) is 117 cm³/mol. The first-order valence-corrected chi connectivity index (χ1v) is 10.4. The van der Waals surface area contributed by atoms with Crippen LogP contribution in [0.3, 0.4) is 0 Å². The number of anilines is 1. The molecule has 1 heterocycles. The summed E-state index contributed by atoms with van der Waals surface area (Å²) in [5.41, 5.74) is 1.31. The number of carbonyl (C=O) groups is 1. The summed E-state index contributed by atoms with van der Waals surface area (Å²) in [4.78, 5) is 12.5. The molecule has 0 radical (unpaired) electrons. The summed E-state index contributed by atoms with van der Waals surface area (Å²) in [6.07, 6.45) is 1.85. The van der Waals surface area contributed by atoms with Gasteiger partial charge in [0.25, 0.3) is 0 Å². The highest BCUT2D eigenvalue weighted by Crippen LogP contribution is 2.29. The second kappa shape index (κ2) is 10.2. The third-order valence-electron chi connectivity index (χ3n) is 4.24. The summed E-state index contributed by atoms with van der Waals surface area (Å²) in [7, 11) is 0. The van der Waals surface area contributed by atoms with Crippen LogP contribution in [-0.2, 0) is 17.8 Å². The number of hydrogen-bond acceptors (Lipinski definition) is 4. The van der Waals surface area contributed by atoms with Crippen molar-refractivity contribution in [3.8, 4) is 11.5 Å². The summed E-state index contributed by atoms with van der Waals surface area (Å²) < 4.78 is 27.2. The van der Waals surface area contributed by atoms with Crippen molar-refractivity contribution in [3.05, 3.63) is 70.1 Å². The molecule has 0 aliphatic heterocycles. The standard InChI is InChI=1S/C22H23BrFN3O3/c1-3-29-19-10-9-15(11-20(19)30-4-2)12-21(28)25-22-17(23)14-27(26-22)13-16-7-5-6-8-18(16)24/h5-11,14H,3-4,12-13H2,1-2H3,(H,25,26,28). The molecule has 1 aromatic heterocycles. The molecule has 158 valence electrons. The van der Waals surface area contributed by atoms with Crippen molar-refractivity contribution in [2.75, 3.05) is 18.5 Å². The zero-order valence-corrected chi connectivity index (χ0v) is 18.4. The zero-order chi connectivity index (χ0) is 21.5. The van der Waals surface area contributed by atoms with Gasteiger partial charge in [0.1, 0.15) is 5.82 Å². The zero-order valence-electron chi connectivity index (χ0n) is 16.8. The highest BCUT2D eigenvalue weighted by atomic mass is 79.9.